The summed E-state index contributed by atoms with van der Waals surface area (Å²) in [4.78, 5) is 0. The highest BCUT2D eigenvalue weighted by atomic mass is 35.5. The second-order valence-electron chi connectivity index (χ2n) is 5.25. The summed E-state index contributed by atoms with van der Waals surface area (Å²) in [5, 5.41) is -0.365. The summed E-state index contributed by atoms with van der Waals surface area (Å²) in [5.41, 5.74) is -3.97. The minimum Gasteiger partial charge on any atom is -0.354 e. The molecule has 2 aliphatic carbocycles. The molecule has 0 aromatic rings. The van der Waals surface area contributed by atoms with Crippen molar-refractivity contribution >= 4 is 11.6 Å². The molecule has 2 bridgehead atoms. The lowest BCUT2D eigenvalue weighted by Gasteiger charge is -2.57. The van der Waals surface area contributed by atoms with E-state index < -0.39 is 35.9 Å². The molecule has 8 heteroatoms. The predicted octanol–water partition coefficient (Wildman–Crippen LogP) is 3.51. The highest BCUT2D eigenvalue weighted by Crippen LogP contribution is 2.69. The number of halogens is 7. The van der Waals surface area contributed by atoms with E-state index >= 15 is 0 Å². The fourth-order valence-corrected chi connectivity index (χ4v) is 4.32. The first-order chi connectivity index (χ1) is 8.09. The number of ether oxygens (including phenoxy) is 1. The van der Waals surface area contributed by atoms with E-state index in [-0.39, 0.29) is 17.7 Å². The molecule has 1 nitrogen and oxygen atoms in total. The highest BCUT2D eigenvalue weighted by molar-refractivity contribution is 6.21. The zero-order valence-electron chi connectivity index (χ0n) is 8.85. The molecule has 5 unspecified atom stereocenters. The summed E-state index contributed by atoms with van der Waals surface area (Å²) in [7, 11) is 0. The van der Waals surface area contributed by atoms with E-state index in [9.17, 15) is 26.3 Å². The SMILES string of the molecule is FC(F)(F)C1(C(F)(F)F)OC2C3CC(CC3Cl)C21. The zero-order valence-corrected chi connectivity index (χ0v) is 9.61. The van der Waals surface area contributed by atoms with Gasteiger partial charge in [-0.25, -0.2) is 0 Å². The van der Waals surface area contributed by atoms with E-state index in [1.807, 2.05) is 0 Å². The van der Waals surface area contributed by atoms with Crippen LogP contribution in [-0.4, -0.2) is 29.4 Å². The summed E-state index contributed by atoms with van der Waals surface area (Å²) in [5.74, 6) is -2.53. The molecule has 0 radical (unpaired) electrons. The molecule has 5 atom stereocenters. The molecule has 0 aromatic heterocycles. The third kappa shape index (κ3) is 1.25. The van der Waals surface area contributed by atoms with Gasteiger partial charge in [0.25, 0.3) is 5.60 Å². The van der Waals surface area contributed by atoms with Crippen LogP contribution in [0, 0.1) is 17.8 Å². The van der Waals surface area contributed by atoms with Crippen LogP contribution in [0.2, 0.25) is 0 Å². The van der Waals surface area contributed by atoms with Crippen molar-refractivity contribution in [3.63, 3.8) is 0 Å². The average molecular weight is 295 g/mol. The Morgan fingerprint density at radius 1 is 1.00 bits per heavy atom. The molecular weight excluding hydrogens is 286 g/mol. The van der Waals surface area contributed by atoms with E-state index in [2.05, 4.69) is 4.74 Å². The largest absolute Gasteiger partial charge is 0.426 e. The monoisotopic (exact) mass is 294 g/mol. The summed E-state index contributed by atoms with van der Waals surface area (Å²) < 4.78 is 81.4. The third-order valence-electron chi connectivity index (χ3n) is 4.48. The predicted molar refractivity (Wildman–Crippen MR) is 49.1 cm³/mol. The molecule has 3 fully saturated rings. The van der Waals surface area contributed by atoms with E-state index in [1.54, 1.807) is 0 Å². The molecule has 3 aliphatic rings. The number of hydrogen-bond donors (Lipinski definition) is 0. The lowest BCUT2D eigenvalue weighted by Crippen LogP contribution is -2.76. The number of hydrogen-bond acceptors (Lipinski definition) is 1. The topological polar surface area (TPSA) is 9.23 Å². The van der Waals surface area contributed by atoms with Gasteiger partial charge in [0, 0.05) is 17.2 Å². The fraction of sp³-hybridized carbons (Fsp3) is 1.00. The van der Waals surface area contributed by atoms with Crippen LogP contribution in [0.15, 0.2) is 0 Å². The lowest BCUT2D eigenvalue weighted by molar-refractivity contribution is -0.470. The van der Waals surface area contributed by atoms with Crippen LogP contribution in [-0.2, 0) is 4.74 Å². The first kappa shape index (κ1) is 12.8. The standard InChI is InChI=1S/C10H9ClF6O/c11-5-2-3-1-4(5)7-6(3)8(18-7,9(12,13)14)10(15,16)17/h3-7H,1-2H2. The Hall–Kier alpha value is -0.170. The molecule has 0 amide bonds. The molecule has 0 aromatic carbocycles. The van der Waals surface area contributed by atoms with Crippen molar-refractivity contribution in [1.29, 1.82) is 0 Å². The molecule has 0 spiro atoms. The summed E-state index contributed by atoms with van der Waals surface area (Å²) in [6.07, 6.45) is -11.3. The molecular formula is C10H9ClF6O. The third-order valence-corrected chi connectivity index (χ3v) is 4.99. The molecule has 1 aliphatic heterocycles. The van der Waals surface area contributed by atoms with Gasteiger partial charge in [0.1, 0.15) is 0 Å². The molecule has 1 saturated heterocycles. The summed E-state index contributed by atoms with van der Waals surface area (Å²) in [6.45, 7) is 0. The second-order valence-corrected chi connectivity index (χ2v) is 5.81. The maximum absolute atomic E-state index is 12.8. The van der Waals surface area contributed by atoms with Crippen LogP contribution in [0.3, 0.4) is 0 Å². The van der Waals surface area contributed by atoms with Gasteiger partial charge in [-0.1, -0.05) is 0 Å². The Morgan fingerprint density at radius 3 is 2.00 bits per heavy atom. The van der Waals surface area contributed by atoms with Crippen molar-refractivity contribution in [3.05, 3.63) is 0 Å². The van der Waals surface area contributed by atoms with E-state index in [0.29, 0.717) is 6.42 Å². The smallest absolute Gasteiger partial charge is 0.354 e. The van der Waals surface area contributed by atoms with Crippen LogP contribution in [0.4, 0.5) is 26.3 Å². The Morgan fingerprint density at radius 2 is 1.56 bits per heavy atom. The lowest BCUT2D eigenvalue weighted by atomic mass is 9.68. The summed E-state index contributed by atoms with van der Waals surface area (Å²) in [6, 6.07) is 0. The molecule has 104 valence electrons. The van der Waals surface area contributed by atoms with Crippen molar-refractivity contribution in [1.82, 2.24) is 0 Å². The minimum absolute atomic E-state index is 0.213. The maximum atomic E-state index is 12.8. The number of fused-ring (bicyclic) bond motifs is 5. The van der Waals surface area contributed by atoms with Crippen molar-refractivity contribution in [2.75, 3.05) is 0 Å². The van der Waals surface area contributed by atoms with Gasteiger partial charge in [-0.3, -0.25) is 0 Å². The van der Waals surface area contributed by atoms with Crippen LogP contribution in [0.25, 0.3) is 0 Å². The minimum atomic E-state index is -5.43. The molecule has 3 rings (SSSR count). The molecule has 18 heavy (non-hydrogen) atoms. The van der Waals surface area contributed by atoms with Crippen LogP contribution < -0.4 is 0 Å². The number of rotatable bonds is 0. The Labute approximate surface area is 103 Å². The Bertz CT molecular complexity index is 362. The van der Waals surface area contributed by atoms with Crippen LogP contribution in [0.1, 0.15) is 12.8 Å². The van der Waals surface area contributed by atoms with Crippen molar-refractivity contribution in [2.45, 2.75) is 42.3 Å². The van der Waals surface area contributed by atoms with Gasteiger partial charge in [0.05, 0.1) is 6.10 Å². The Balaban J connectivity index is 1.98. The van der Waals surface area contributed by atoms with Gasteiger partial charge >= 0.3 is 12.4 Å². The van der Waals surface area contributed by atoms with Gasteiger partial charge in [-0.15, -0.1) is 11.6 Å². The normalized spacial score (nSPS) is 45.8. The number of alkyl halides is 7. The average Bonchev–Trinajstić information content (AvgIpc) is 2.50. The van der Waals surface area contributed by atoms with Crippen molar-refractivity contribution < 1.29 is 31.1 Å². The quantitative estimate of drug-likeness (QED) is 0.491. The summed E-state index contributed by atoms with van der Waals surface area (Å²) >= 11 is 5.88. The maximum Gasteiger partial charge on any atom is 0.426 e. The van der Waals surface area contributed by atoms with Crippen molar-refractivity contribution in [3.8, 4) is 0 Å². The van der Waals surface area contributed by atoms with Gasteiger partial charge in [0.2, 0.25) is 0 Å². The first-order valence-electron chi connectivity index (χ1n) is 5.55. The highest BCUT2D eigenvalue weighted by Gasteiger charge is 2.86. The zero-order chi connectivity index (χ0) is 13.5. The van der Waals surface area contributed by atoms with Gasteiger partial charge in [-0.2, -0.15) is 26.3 Å². The first-order valence-corrected chi connectivity index (χ1v) is 5.98. The second kappa shape index (κ2) is 3.29. The van der Waals surface area contributed by atoms with E-state index in [4.69, 9.17) is 11.6 Å². The van der Waals surface area contributed by atoms with Gasteiger partial charge < -0.3 is 4.74 Å². The molecule has 2 saturated carbocycles. The Kier molecular flexibility index (Phi) is 2.34. The fourth-order valence-electron chi connectivity index (χ4n) is 3.84. The molecule has 1 heterocycles. The van der Waals surface area contributed by atoms with Crippen LogP contribution in [0.5, 0.6) is 0 Å². The van der Waals surface area contributed by atoms with Crippen molar-refractivity contribution in [2.24, 2.45) is 17.8 Å². The molecule has 0 N–H and O–H groups in total. The van der Waals surface area contributed by atoms with Gasteiger partial charge in [-0.05, 0) is 18.8 Å². The van der Waals surface area contributed by atoms with E-state index in [0.717, 1.165) is 0 Å². The van der Waals surface area contributed by atoms with Gasteiger partial charge in [0.15, 0.2) is 0 Å². The van der Waals surface area contributed by atoms with Crippen LogP contribution >= 0.6 is 11.6 Å². The van der Waals surface area contributed by atoms with E-state index in [1.165, 1.54) is 0 Å².